The summed E-state index contributed by atoms with van der Waals surface area (Å²) in [7, 11) is 0. The van der Waals surface area contributed by atoms with Gasteiger partial charge in [-0.1, -0.05) is 11.6 Å². The monoisotopic (exact) mass is 228 g/mol. The van der Waals surface area contributed by atoms with E-state index in [-0.39, 0.29) is 0 Å². The van der Waals surface area contributed by atoms with E-state index in [0.29, 0.717) is 18.3 Å². The third kappa shape index (κ3) is 3.39. The molecule has 0 aromatic carbocycles. The van der Waals surface area contributed by atoms with Gasteiger partial charge < -0.3 is 5.32 Å². The van der Waals surface area contributed by atoms with Crippen LogP contribution in [0, 0.1) is 0 Å². The Hall–Kier alpha value is -1.30. The standard InChI is InChI=1S/C9H12N2O3S/c1-5(2)3-4-10-7(12)6-8(13)11-9(14)15-6/h3,6H,4H2,1-2H3,(H,10,12)(H,11,13,14). The number of carbonyl (C=O) groups is 3. The highest BCUT2D eigenvalue weighted by Gasteiger charge is 2.36. The molecule has 1 rings (SSSR count). The van der Waals surface area contributed by atoms with Crippen molar-refractivity contribution in [3.05, 3.63) is 11.6 Å². The lowest BCUT2D eigenvalue weighted by Gasteiger charge is -2.05. The van der Waals surface area contributed by atoms with Crippen molar-refractivity contribution in [3.63, 3.8) is 0 Å². The molecule has 3 amide bonds. The van der Waals surface area contributed by atoms with Crippen LogP contribution in [-0.2, 0) is 9.59 Å². The van der Waals surface area contributed by atoms with Gasteiger partial charge in [0.1, 0.15) is 0 Å². The van der Waals surface area contributed by atoms with Crippen LogP contribution in [0.15, 0.2) is 11.6 Å². The fourth-order valence-electron chi connectivity index (χ4n) is 0.977. The maximum Gasteiger partial charge on any atom is 0.286 e. The summed E-state index contributed by atoms with van der Waals surface area (Å²) in [6.07, 6.45) is 1.83. The van der Waals surface area contributed by atoms with Crippen molar-refractivity contribution in [1.29, 1.82) is 0 Å². The first-order valence-electron chi connectivity index (χ1n) is 4.43. The Labute approximate surface area is 91.7 Å². The second kappa shape index (κ2) is 4.97. The first kappa shape index (κ1) is 11.8. The zero-order valence-corrected chi connectivity index (χ0v) is 9.31. The summed E-state index contributed by atoms with van der Waals surface area (Å²) in [6.45, 7) is 4.19. The molecule has 82 valence electrons. The van der Waals surface area contributed by atoms with Crippen LogP contribution in [0.25, 0.3) is 0 Å². The van der Waals surface area contributed by atoms with Gasteiger partial charge in [0, 0.05) is 6.54 Å². The Balaban J connectivity index is 2.44. The number of imide groups is 1. The zero-order valence-electron chi connectivity index (χ0n) is 8.49. The molecule has 6 heteroatoms. The highest BCUT2D eigenvalue weighted by atomic mass is 32.2. The van der Waals surface area contributed by atoms with Gasteiger partial charge in [-0.3, -0.25) is 19.7 Å². The number of nitrogens with one attached hydrogen (secondary N) is 2. The molecule has 0 aromatic rings. The van der Waals surface area contributed by atoms with E-state index in [4.69, 9.17) is 0 Å². The predicted octanol–water partition coefficient (Wildman–Crippen LogP) is 0.420. The lowest BCUT2D eigenvalue weighted by atomic mass is 10.3. The van der Waals surface area contributed by atoms with Gasteiger partial charge in [0.15, 0.2) is 5.25 Å². The van der Waals surface area contributed by atoms with Crippen LogP contribution >= 0.6 is 11.8 Å². The van der Waals surface area contributed by atoms with Crippen LogP contribution in [0.2, 0.25) is 0 Å². The molecule has 1 unspecified atom stereocenters. The second-order valence-corrected chi connectivity index (χ2v) is 4.38. The highest BCUT2D eigenvalue weighted by molar-refractivity contribution is 8.16. The number of hydrogen-bond acceptors (Lipinski definition) is 4. The van der Waals surface area contributed by atoms with Crippen molar-refractivity contribution in [2.45, 2.75) is 19.1 Å². The van der Waals surface area contributed by atoms with Gasteiger partial charge in [0.2, 0.25) is 5.91 Å². The number of rotatable bonds is 3. The van der Waals surface area contributed by atoms with Gasteiger partial charge >= 0.3 is 0 Å². The summed E-state index contributed by atoms with van der Waals surface area (Å²) in [5.74, 6) is -0.972. The Morgan fingerprint density at radius 3 is 2.67 bits per heavy atom. The number of hydrogen-bond donors (Lipinski definition) is 2. The summed E-state index contributed by atoms with van der Waals surface area (Å²) in [4.78, 5) is 33.3. The van der Waals surface area contributed by atoms with E-state index in [1.807, 2.05) is 19.9 Å². The van der Waals surface area contributed by atoms with Crippen molar-refractivity contribution in [1.82, 2.24) is 10.6 Å². The van der Waals surface area contributed by atoms with Crippen molar-refractivity contribution in [2.24, 2.45) is 0 Å². The Bertz CT molecular complexity index is 334. The van der Waals surface area contributed by atoms with Gasteiger partial charge in [0.05, 0.1) is 0 Å². The molecular formula is C9H12N2O3S. The van der Waals surface area contributed by atoms with E-state index < -0.39 is 22.3 Å². The topological polar surface area (TPSA) is 75.3 Å². The quantitative estimate of drug-likeness (QED) is 0.542. The number of allylic oxidation sites excluding steroid dienone is 1. The molecule has 1 aliphatic heterocycles. The van der Waals surface area contributed by atoms with Crippen LogP contribution < -0.4 is 10.6 Å². The molecule has 0 aromatic heterocycles. The highest BCUT2D eigenvalue weighted by Crippen LogP contribution is 2.18. The molecule has 2 N–H and O–H groups in total. The molecule has 0 saturated carbocycles. The smallest absolute Gasteiger partial charge is 0.286 e. The van der Waals surface area contributed by atoms with Gasteiger partial charge in [0.25, 0.3) is 11.1 Å². The van der Waals surface area contributed by atoms with Crippen LogP contribution in [0.4, 0.5) is 4.79 Å². The average Bonchev–Trinajstić information content (AvgIpc) is 2.44. The van der Waals surface area contributed by atoms with Crippen molar-refractivity contribution in [3.8, 4) is 0 Å². The predicted molar refractivity (Wildman–Crippen MR) is 57.4 cm³/mol. The van der Waals surface area contributed by atoms with E-state index in [9.17, 15) is 14.4 Å². The van der Waals surface area contributed by atoms with Crippen LogP contribution in [0.1, 0.15) is 13.8 Å². The third-order valence-corrected chi connectivity index (χ3v) is 2.69. The van der Waals surface area contributed by atoms with Crippen LogP contribution in [-0.4, -0.2) is 28.8 Å². The zero-order chi connectivity index (χ0) is 11.4. The molecule has 1 heterocycles. The van der Waals surface area contributed by atoms with E-state index in [1.165, 1.54) is 0 Å². The molecular weight excluding hydrogens is 216 g/mol. The maximum absolute atomic E-state index is 11.4. The van der Waals surface area contributed by atoms with E-state index >= 15 is 0 Å². The summed E-state index contributed by atoms with van der Waals surface area (Å²) in [6, 6.07) is 0. The molecule has 0 radical (unpaired) electrons. The lowest BCUT2D eigenvalue weighted by Crippen LogP contribution is -2.38. The summed E-state index contributed by atoms with van der Waals surface area (Å²) >= 11 is 0.708. The van der Waals surface area contributed by atoms with Gasteiger partial charge in [-0.2, -0.15) is 0 Å². The number of amides is 3. The summed E-state index contributed by atoms with van der Waals surface area (Å²) < 4.78 is 0. The number of thioether (sulfide) groups is 1. The first-order valence-corrected chi connectivity index (χ1v) is 5.31. The maximum atomic E-state index is 11.4. The first-order chi connectivity index (χ1) is 7.00. The summed E-state index contributed by atoms with van der Waals surface area (Å²) in [5.41, 5.74) is 1.08. The van der Waals surface area contributed by atoms with Gasteiger partial charge in [-0.25, -0.2) is 0 Å². The minimum absolute atomic E-state index is 0.375. The Morgan fingerprint density at radius 2 is 2.20 bits per heavy atom. The minimum Gasteiger partial charge on any atom is -0.351 e. The van der Waals surface area contributed by atoms with E-state index in [2.05, 4.69) is 10.6 Å². The molecule has 1 aliphatic rings. The molecule has 0 bridgehead atoms. The second-order valence-electron chi connectivity index (χ2n) is 3.30. The van der Waals surface area contributed by atoms with Crippen LogP contribution in [0.5, 0.6) is 0 Å². The van der Waals surface area contributed by atoms with Crippen molar-refractivity contribution >= 4 is 28.8 Å². The third-order valence-electron chi connectivity index (χ3n) is 1.71. The van der Waals surface area contributed by atoms with E-state index in [1.54, 1.807) is 0 Å². The SMILES string of the molecule is CC(C)=CCNC(=O)C1SC(=O)NC1=O. The molecule has 0 spiro atoms. The molecule has 1 saturated heterocycles. The normalized spacial score (nSPS) is 19.7. The van der Waals surface area contributed by atoms with Crippen molar-refractivity contribution in [2.75, 3.05) is 6.54 Å². The lowest BCUT2D eigenvalue weighted by molar-refractivity contribution is -0.127. The molecule has 15 heavy (non-hydrogen) atoms. The number of carbonyl (C=O) groups excluding carboxylic acids is 3. The summed E-state index contributed by atoms with van der Waals surface area (Å²) in [5, 5.41) is 3.20. The fourth-order valence-corrected chi connectivity index (χ4v) is 1.71. The molecule has 1 atom stereocenters. The Kier molecular flexibility index (Phi) is 3.90. The average molecular weight is 228 g/mol. The molecule has 5 nitrogen and oxygen atoms in total. The van der Waals surface area contributed by atoms with Gasteiger partial charge in [-0.15, -0.1) is 0 Å². The molecule has 1 fully saturated rings. The minimum atomic E-state index is -0.942. The Morgan fingerprint density at radius 1 is 1.53 bits per heavy atom. The largest absolute Gasteiger partial charge is 0.351 e. The van der Waals surface area contributed by atoms with Gasteiger partial charge in [-0.05, 0) is 25.6 Å². The van der Waals surface area contributed by atoms with Crippen molar-refractivity contribution < 1.29 is 14.4 Å². The fraction of sp³-hybridized carbons (Fsp3) is 0.444. The molecule has 0 aliphatic carbocycles. The van der Waals surface area contributed by atoms with Crippen LogP contribution in [0.3, 0.4) is 0 Å². The van der Waals surface area contributed by atoms with E-state index in [0.717, 1.165) is 5.57 Å².